The first-order valence-corrected chi connectivity index (χ1v) is 11.4. The van der Waals surface area contributed by atoms with Gasteiger partial charge in [0, 0.05) is 0 Å². The summed E-state index contributed by atoms with van der Waals surface area (Å²) in [5, 5.41) is 4.28. The molecule has 35 heavy (non-hydrogen) atoms. The molecule has 0 fully saturated rings. The van der Waals surface area contributed by atoms with Crippen LogP contribution in [0, 0.1) is 20.8 Å². The van der Waals surface area contributed by atoms with Gasteiger partial charge >= 0.3 is 5.97 Å². The van der Waals surface area contributed by atoms with Crippen LogP contribution in [0.2, 0.25) is 5.02 Å². The summed E-state index contributed by atoms with van der Waals surface area (Å²) in [5.41, 5.74) is 6.39. The topological polar surface area (TPSA) is 86.2 Å². The first-order chi connectivity index (χ1) is 16.8. The van der Waals surface area contributed by atoms with Crippen molar-refractivity contribution in [3.05, 3.63) is 87.4 Å². The van der Waals surface area contributed by atoms with E-state index in [1.54, 1.807) is 42.5 Å². The minimum Gasteiger partial charge on any atom is -0.490 e. The summed E-state index contributed by atoms with van der Waals surface area (Å²) in [6.45, 7) is 7.90. The van der Waals surface area contributed by atoms with Gasteiger partial charge in [-0.05, 0) is 80.3 Å². The molecule has 3 aromatic carbocycles. The van der Waals surface area contributed by atoms with Crippen LogP contribution in [0.1, 0.15) is 39.5 Å². The molecule has 7 nitrogen and oxygen atoms in total. The highest BCUT2D eigenvalue weighted by molar-refractivity contribution is 6.33. The largest absolute Gasteiger partial charge is 0.490 e. The Kier molecular flexibility index (Phi) is 8.86. The zero-order chi connectivity index (χ0) is 25.4. The molecule has 0 radical (unpaired) electrons. The number of carbonyl (C=O) groups excluding carboxylic acids is 2. The van der Waals surface area contributed by atoms with E-state index < -0.39 is 11.9 Å². The number of halogens is 1. The lowest BCUT2D eigenvalue weighted by Gasteiger charge is -2.13. The summed E-state index contributed by atoms with van der Waals surface area (Å²) >= 11 is 6.08. The number of hydrogen-bond acceptors (Lipinski definition) is 6. The number of nitrogens with zero attached hydrogens (tertiary/aromatic N) is 1. The van der Waals surface area contributed by atoms with E-state index in [0.29, 0.717) is 28.7 Å². The van der Waals surface area contributed by atoms with Gasteiger partial charge in [-0.1, -0.05) is 35.9 Å². The van der Waals surface area contributed by atoms with Crippen molar-refractivity contribution >= 4 is 29.7 Å². The molecule has 8 heteroatoms. The highest BCUT2D eigenvalue weighted by Crippen LogP contribution is 2.30. The lowest BCUT2D eigenvalue weighted by molar-refractivity contribution is -0.123. The maximum atomic E-state index is 12.5. The number of hydrazone groups is 1. The molecule has 0 aliphatic carbocycles. The Morgan fingerprint density at radius 1 is 0.971 bits per heavy atom. The van der Waals surface area contributed by atoms with Crippen LogP contribution in [-0.2, 0) is 4.79 Å². The van der Waals surface area contributed by atoms with E-state index in [2.05, 4.69) is 10.5 Å². The first kappa shape index (κ1) is 25.8. The molecular weight excluding hydrogens is 468 g/mol. The normalized spacial score (nSPS) is 10.8. The van der Waals surface area contributed by atoms with Crippen molar-refractivity contribution in [1.29, 1.82) is 0 Å². The quantitative estimate of drug-likeness (QED) is 0.186. The highest BCUT2D eigenvalue weighted by Gasteiger charge is 2.15. The van der Waals surface area contributed by atoms with Crippen LogP contribution in [0.5, 0.6) is 17.2 Å². The number of benzene rings is 3. The predicted octanol–water partition coefficient (Wildman–Crippen LogP) is 5.41. The number of ether oxygens (including phenoxy) is 3. The van der Waals surface area contributed by atoms with Crippen LogP contribution >= 0.6 is 11.6 Å². The maximum Gasteiger partial charge on any atom is 0.345 e. The summed E-state index contributed by atoms with van der Waals surface area (Å²) in [5.74, 6) is 0.320. The fraction of sp³-hybridized carbons (Fsp3) is 0.222. The number of rotatable bonds is 9. The Morgan fingerprint density at radius 3 is 2.46 bits per heavy atom. The molecule has 182 valence electrons. The second-order valence-electron chi connectivity index (χ2n) is 7.74. The summed E-state index contributed by atoms with van der Waals surface area (Å²) in [7, 11) is 0. The van der Waals surface area contributed by atoms with Gasteiger partial charge < -0.3 is 14.2 Å². The van der Waals surface area contributed by atoms with Gasteiger partial charge in [0.2, 0.25) is 0 Å². The maximum absolute atomic E-state index is 12.5. The van der Waals surface area contributed by atoms with E-state index in [4.69, 9.17) is 25.8 Å². The van der Waals surface area contributed by atoms with Crippen LogP contribution < -0.4 is 19.6 Å². The Bertz CT molecular complexity index is 1260. The van der Waals surface area contributed by atoms with Crippen LogP contribution in [-0.4, -0.2) is 31.3 Å². The molecule has 0 aliphatic rings. The van der Waals surface area contributed by atoms with E-state index in [1.165, 1.54) is 6.21 Å². The average molecular weight is 495 g/mol. The van der Waals surface area contributed by atoms with E-state index in [1.807, 2.05) is 39.8 Å². The third kappa shape index (κ3) is 6.83. The van der Waals surface area contributed by atoms with Crippen molar-refractivity contribution in [2.75, 3.05) is 13.2 Å². The molecule has 0 unspecified atom stereocenters. The zero-order valence-corrected chi connectivity index (χ0v) is 20.8. The fourth-order valence-corrected chi connectivity index (χ4v) is 3.45. The molecule has 0 heterocycles. The van der Waals surface area contributed by atoms with Crippen molar-refractivity contribution in [2.45, 2.75) is 27.7 Å². The van der Waals surface area contributed by atoms with Crippen LogP contribution in [0.15, 0.2) is 59.7 Å². The summed E-state index contributed by atoms with van der Waals surface area (Å²) in [4.78, 5) is 24.7. The van der Waals surface area contributed by atoms with Crippen molar-refractivity contribution in [3.8, 4) is 17.2 Å². The van der Waals surface area contributed by atoms with Gasteiger partial charge in [-0.15, -0.1) is 0 Å². The third-order valence-electron chi connectivity index (χ3n) is 5.19. The van der Waals surface area contributed by atoms with Crippen molar-refractivity contribution < 1.29 is 23.8 Å². The van der Waals surface area contributed by atoms with Gasteiger partial charge in [-0.3, -0.25) is 4.79 Å². The van der Waals surface area contributed by atoms with Gasteiger partial charge in [0.05, 0.1) is 23.4 Å². The minimum atomic E-state index is -0.593. The zero-order valence-electron chi connectivity index (χ0n) is 20.1. The van der Waals surface area contributed by atoms with E-state index in [0.717, 1.165) is 16.7 Å². The molecule has 3 aromatic rings. The Morgan fingerprint density at radius 2 is 1.71 bits per heavy atom. The number of hydrogen-bond donors (Lipinski definition) is 1. The van der Waals surface area contributed by atoms with Crippen LogP contribution in [0.3, 0.4) is 0 Å². The number of amides is 1. The molecule has 3 rings (SSSR count). The molecule has 1 N–H and O–H groups in total. The van der Waals surface area contributed by atoms with Crippen molar-refractivity contribution in [2.24, 2.45) is 5.10 Å². The highest BCUT2D eigenvalue weighted by atomic mass is 35.5. The minimum absolute atomic E-state index is 0.163. The Balaban J connectivity index is 1.63. The Labute approximate surface area is 209 Å². The average Bonchev–Trinajstić information content (AvgIpc) is 2.83. The molecule has 0 saturated heterocycles. The summed E-state index contributed by atoms with van der Waals surface area (Å²) in [6.07, 6.45) is 1.46. The molecule has 0 atom stereocenters. The van der Waals surface area contributed by atoms with Gasteiger partial charge in [0.25, 0.3) is 5.91 Å². The SMILES string of the molecule is CCOc1cc(C=NNC(=O)COc2c(C)ccc(C)c2C)ccc1OC(=O)c1ccccc1Cl. The summed E-state index contributed by atoms with van der Waals surface area (Å²) < 4.78 is 16.8. The van der Waals surface area contributed by atoms with Gasteiger partial charge in [-0.25, -0.2) is 10.2 Å². The smallest absolute Gasteiger partial charge is 0.345 e. The molecule has 1 amide bonds. The molecule has 0 aromatic heterocycles. The third-order valence-corrected chi connectivity index (χ3v) is 5.52. The lowest BCUT2D eigenvalue weighted by Crippen LogP contribution is -2.25. The molecule has 0 bridgehead atoms. The van der Waals surface area contributed by atoms with Crippen molar-refractivity contribution in [1.82, 2.24) is 5.43 Å². The van der Waals surface area contributed by atoms with Gasteiger partial charge in [0.1, 0.15) is 5.75 Å². The lowest BCUT2D eigenvalue weighted by atomic mass is 10.1. The number of aryl methyl sites for hydroxylation is 2. The predicted molar refractivity (Wildman–Crippen MR) is 136 cm³/mol. The van der Waals surface area contributed by atoms with Crippen molar-refractivity contribution in [3.63, 3.8) is 0 Å². The molecule has 0 saturated carbocycles. The molecular formula is C27H27ClN2O5. The van der Waals surface area contributed by atoms with Gasteiger partial charge in [-0.2, -0.15) is 5.10 Å². The monoisotopic (exact) mass is 494 g/mol. The second kappa shape index (κ2) is 12.0. The second-order valence-corrected chi connectivity index (χ2v) is 8.15. The number of carbonyl (C=O) groups is 2. The number of nitrogens with one attached hydrogen (secondary N) is 1. The van der Waals surface area contributed by atoms with Crippen LogP contribution in [0.4, 0.5) is 0 Å². The Hall–Kier alpha value is -3.84. The first-order valence-electron chi connectivity index (χ1n) is 11.0. The standard InChI is InChI=1S/C27H27ClN2O5/c1-5-33-24-14-20(12-13-23(24)35-27(32)21-8-6-7-9-22(21)28)15-29-30-25(31)16-34-26-18(3)11-10-17(2)19(26)4/h6-15H,5,16H2,1-4H3,(H,30,31). The molecule has 0 spiro atoms. The van der Waals surface area contributed by atoms with Crippen LogP contribution in [0.25, 0.3) is 0 Å². The fourth-order valence-electron chi connectivity index (χ4n) is 3.24. The van der Waals surface area contributed by atoms with E-state index in [-0.39, 0.29) is 17.9 Å². The number of esters is 1. The van der Waals surface area contributed by atoms with E-state index in [9.17, 15) is 9.59 Å². The van der Waals surface area contributed by atoms with E-state index >= 15 is 0 Å². The molecule has 0 aliphatic heterocycles. The van der Waals surface area contributed by atoms with Gasteiger partial charge in [0.15, 0.2) is 18.1 Å². The summed E-state index contributed by atoms with van der Waals surface area (Å²) in [6, 6.07) is 15.5.